The molecule has 0 aliphatic rings. The summed E-state index contributed by atoms with van der Waals surface area (Å²) in [5.74, 6) is 0.248. The number of amides is 1. The second-order valence-corrected chi connectivity index (χ2v) is 7.10. The fourth-order valence-electron chi connectivity index (χ4n) is 2.46. The van der Waals surface area contributed by atoms with Gasteiger partial charge in [0.15, 0.2) is 0 Å². The predicted octanol–water partition coefficient (Wildman–Crippen LogP) is 5.22. The molecule has 5 nitrogen and oxygen atoms in total. The Hall–Kier alpha value is -2.69. The minimum atomic E-state index is -0.562. The van der Waals surface area contributed by atoms with Gasteiger partial charge in [-0.2, -0.15) is 0 Å². The summed E-state index contributed by atoms with van der Waals surface area (Å²) in [5, 5.41) is 16.2. The number of aryl methyl sites for hydroxylation is 1. The number of carbonyl (C=O) groups excluding carboxylic acids is 1. The van der Waals surface area contributed by atoms with Crippen LogP contribution in [0.1, 0.15) is 44.9 Å². The monoisotopic (exact) mass is 342 g/mol. The van der Waals surface area contributed by atoms with Crippen LogP contribution in [-0.2, 0) is 4.74 Å². The van der Waals surface area contributed by atoms with Crippen LogP contribution in [0.3, 0.4) is 0 Å². The Morgan fingerprint density at radius 3 is 2.36 bits per heavy atom. The van der Waals surface area contributed by atoms with E-state index in [1.807, 2.05) is 65.0 Å². The van der Waals surface area contributed by atoms with Gasteiger partial charge in [-0.25, -0.2) is 4.79 Å². The summed E-state index contributed by atoms with van der Waals surface area (Å²) in [6, 6.07) is 12.8. The minimum Gasteiger partial charge on any atom is -0.508 e. The van der Waals surface area contributed by atoms with Crippen molar-refractivity contribution in [3.05, 3.63) is 53.6 Å². The number of benzene rings is 2. The molecule has 0 aliphatic carbocycles. The summed E-state index contributed by atoms with van der Waals surface area (Å²) in [4.78, 5) is 12.0. The van der Waals surface area contributed by atoms with Crippen molar-refractivity contribution in [2.45, 2.75) is 46.3 Å². The molecule has 0 heterocycles. The van der Waals surface area contributed by atoms with Gasteiger partial charge in [-0.1, -0.05) is 24.3 Å². The summed E-state index contributed by atoms with van der Waals surface area (Å²) >= 11 is 0. The molecule has 0 aromatic heterocycles. The van der Waals surface area contributed by atoms with Crippen LogP contribution >= 0.6 is 0 Å². The number of hydrogen-bond acceptors (Lipinski definition) is 4. The number of carbonyl (C=O) groups is 1. The molecule has 0 fully saturated rings. The number of rotatable bonds is 4. The summed E-state index contributed by atoms with van der Waals surface area (Å²) in [5.41, 5.74) is 2.60. The Balaban J connectivity index is 2.16. The Bertz CT molecular complexity index is 751. The first kappa shape index (κ1) is 18.6. The molecule has 2 aromatic rings. The summed E-state index contributed by atoms with van der Waals surface area (Å²) < 4.78 is 5.30. The first-order valence-corrected chi connectivity index (χ1v) is 8.31. The van der Waals surface area contributed by atoms with E-state index < -0.39 is 11.7 Å². The molecule has 0 aliphatic heterocycles. The average Bonchev–Trinajstić information content (AvgIpc) is 2.47. The van der Waals surface area contributed by atoms with E-state index in [0.717, 1.165) is 16.8 Å². The lowest BCUT2D eigenvalue weighted by molar-refractivity contribution is 0.0636. The maximum absolute atomic E-state index is 12.0. The molecule has 1 amide bonds. The van der Waals surface area contributed by atoms with Crippen LogP contribution in [0.5, 0.6) is 5.75 Å². The number of anilines is 2. The summed E-state index contributed by atoms with van der Waals surface area (Å²) in [6.45, 7) is 9.34. The second kappa shape index (κ2) is 7.47. The SMILES string of the molecule is Cc1ccc(C(C)Nc2ccccc2NC(=O)OC(C)(C)C)c(O)c1. The van der Waals surface area contributed by atoms with Crippen molar-refractivity contribution < 1.29 is 14.6 Å². The fourth-order valence-corrected chi connectivity index (χ4v) is 2.46. The van der Waals surface area contributed by atoms with Crippen LogP contribution < -0.4 is 10.6 Å². The van der Waals surface area contributed by atoms with Crippen LogP contribution in [-0.4, -0.2) is 16.8 Å². The molecule has 0 spiro atoms. The predicted molar refractivity (Wildman–Crippen MR) is 101 cm³/mol. The third-order valence-electron chi connectivity index (χ3n) is 3.59. The molecule has 134 valence electrons. The molecule has 3 N–H and O–H groups in total. The van der Waals surface area contributed by atoms with Crippen molar-refractivity contribution in [2.75, 3.05) is 10.6 Å². The zero-order valence-electron chi connectivity index (χ0n) is 15.4. The molecule has 2 aromatic carbocycles. The van der Waals surface area contributed by atoms with Gasteiger partial charge >= 0.3 is 6.09 Å². The minimum absolute atomic E-state index is 0.137. The first-order valence-electron chi connectivity index (χ1n) is 8.31. The van der Waals surface area contributed by atoms with Gasteiger partial charge in [-0.3, -0.25) is 5.32 Å². The summed E-state index contributed by atoms with van der Waals surface area (Å²) in [7, 11) is 0. The van der Waals surface area contributed by atoms with E-state index in [1.165, 1.54) is 0 Å². The summed E-state index contributed by atoms with van der Waals surface area (Å²) in [6.07, 6.45) is -0.507. The van der Waals surface area contributed by atoms with Crippen molar-refractivity contribution in [1.29, 1.82) is 0 Å². The lowest BCUT2D eigenvalue weighted by Gasteiger charge is -2.22. The van der Waals surface area contributed by atoms with Crippen molar-refractivity contribution in [3.8, 4) is 5.75 Å². The van der Waals surface area contributed by atoms with Crippen molar-refractivity contribution in [1.82, 2.24) is 0 Å². The third-order valence-corrected chi connectivity index (χ3v) is 3.59. The molecule has 0 bridgehead atoms. The Labute approximate surface area is 149 Å². The Morgan fingerprint density at radius 1 is 1.12 bits per heavy atom. The zero-order valence-corrected chi connectivity index (χ0v) is 15.4. The van der Waals surface area contributed by atoms with E-state index in [2.05, 4.69) is 10.6 Å². The Morgan fingerprint density at radius 2 is 1.76 bits per heavy atom. The first-order chi connectivity index (χ1) is 11.7. The topological polar surface area (TPSA) is 70.6 Å². The van der Waals surface area contributed by atoms with Crippen molar-refractivity contribution in [2.24, 2.45) is 0 Å². The quantitative estimate of drug-likeness (QED) is 0.712. The second-order valence-electron chi connectivity index (χ2n) is 7.10. The molecule has 0 radical (unpaired) electrons. The maximum atomic E-state index is 12.0. The van der Waals surface area contributed by atoms with Gasteiger partial charge in [-0.05, 0) is 58.4 Å². The van der Waals surface area contributed by atoms with Crippen molar-refractivity contribution in [3.63, 3.8) is 0 Å². The van der Waals surface area contributed by atoms with E-state index in [0.29, 0.717) is 5.69 Å². The highest BCUT2D eigenvalue weighted by molar-refractivity contribution is 5.89. The fraction of sp³-hybridized carbons (Fsp3) is 0.350. The number of ether oxygens (including phenoxy) is 1. The lowest BCUT2D eigenvalue weighted by Crippen LogP contribution is -2.27. The van der Waals surface area contributed by atoms with E-state index in [9.17, 15) is 9.90 Å². The van der Waals surface area contributed by atoms with Gasteiger partial charge in [0.1, 0.15) is 11.4 Å². The van der Waals surface area contributed by atoms with E-state index in [-0.39, 0.29) is 11.8 Å². The van der Waals surface area contributed by atoms with Crippen molar-refractivity contribution >= 4 is 17.5 Å². The van der Waals surface area contributed by atoms with E-state index >= 15 is 0 Å². The van der Waals surface area contributed by atoms with Crippen LogP contribution in [0.2, 0.25) is 0 Å². The highest BCUT2D eigenvalue weighted by atomic mass is 16.6. The number of hydrogen-bond donors (Lipinski definition) is 3. The van der Waals surface area contributed by atoms with Crippen LogP contribution in [0.15, 0.2) is 42.5 Å². The molecule has 1 unspecified atom stereocenters. The molecule has 0 saturated carbocycles. The highest BCUT2D eigenvalue weighted by Crippen LogP contribution is 2.30. The molecule has 2 rings (SSSR count). The van der Waals surface area contributed by atoms with Crippen LogP contribution in [0, 0.1) is 6.92 Å². The third kappa shape index (κ3) is 5.41. The molecule has 25 heavy (non-hydrogen) atoms. The number of phenols is 1. The number of aromatic hydroxyl groups is 1. The molecular formula is C20H26N2O3. The molecule has 5 heteroatoms. The van der Waals surface area contributed by atoms with Crippen LogP contribution in [0.4, 0.5) is 16.2 Å². The van der Waals surface area contributed by atoms with Gasteiger partial charge in [0, 0.05) is 5.56 Å². The lowest BCUT2D eigenvalue weighted by atomic mass is 10.0. The molecular weight excluding hydrogens is 316 g/mol. The van der Waals surface area contributed by atoms with E-state index in [1.54, 1.807) is 12.1 Å². The number of para-hydroxylation sites is 2. The smallest absolute Gasteiger partial charge is 0.412 e. The molecule has 1 atom stereocenters. The van der Waals surface area contributed by atoms with Crippen LogP contribution in [0.25, 0.3) is 0 Å². The van der Waals surface area contributed by atoms with Gasteiger partial charge in [0.2, 0.25) is 0 Å². The number of nitrogens with one attached hydrogen (secondary N) is 2. The van der Waals surface area contributed by atoms with Gasteiger partial charge in [0.25, 0.3) is 0 Å². The molecule has 0 saturated heterocycles. The normalized spacial score (nSPS) is 12.4. The van der Waals surface area contributed by atoms with Gasteiger partial charge in [-0.15, -0.1) is 0 Å². The van der Waals surface area contributed by atoms with E-state index in [4.69, 9.17) is 4.74 Å². The maximum Gasteiger partial charge on any atom is 0.412 e. The number of phenolic OH excluding ortho intramolecular Hbond substituents is 1. The average molecular weight is 342 g/mol. The Kier molecular flexibility index (Phi) is 5.57. The van der Waals surface area contributed by atoms with Gasteiger partial charge < -0.3 is 15.2 Å². The standard InChI is InChI=1S/C20H26N2O3/c1-13-10-11-15(18(23)12-13)14(2)21-16-8-6-7-9-17(16)22-19(24)25-20(3,4)5/h6-12,14,21,23H,1-5H3,(H,22,24). The van der Waals surface area contributed by atoms with Gasteiger partial charge in [0.05, 0.1) is 17.4 Å². The zero-order chi connectivity index (χ0) is 18.6. The largest absolute Gasteiger partial charge is 0.508 e. The highest BCUT2D eigenvalue weighted by Gasteiger charge is 2.18.